The van der Waals surface area contributed by atoms with Crippen molar-refractivity contribution in [2.75, 3.05) is 5.75 Å². The van der Waals surface area contributed by atoms with Crippen LogP contribution in [0.2, 0.25) is 0 Å². The van der Waals surface area contributed by atoms with Crippen LogP contribution in [-0.4, -0.2) is 40.5 Å². The zero-order valence-electron chi connectivity index (χ0n) is 17.3. The minimum absolute atomic E-state index is 0.0209. The van der Waals surface area contributed by atoms with Crippen LogP contribution in [0.25, 0.3) is 11.0 Å². The molecule has 2 aromatic carbocycles. The summed E-state index contributed by atoms with van der Waals surface area (Å²) in [6.07, 6.45) is 0.779. The number of rotatable bonds is 8. The Morgan fingerprint density at radius 3 is 2.64 bits per heavy atom. The van der Waals surface area contributed by atoms with Crippen LogP contribution in [-0.2, 0) is 21.4 Å². The molecule has 0 spiro atoms. The second-order valence-electron chi connectivity index (χ2n) is 6.84. The number of imidazole rings is 1. The van der Waals surface area contributed by atoms with Gasteiger partial charge in [0.05, 0.1) is 26.6 Å². The van der Waals surface area contributed by atoms with Gasteiger partial charge in [-0.1, -0.05) is 24.8 Å². The summed E-state index contributed by atoms with van der Waals surface area (Å²) < 4.78 is 25.1. The molecule has 2 amide bonds. The maximum Gasteiger partial charge on any atom is 0.270 e. The number of aryl methyl sites for hydroxylation is 1. The fraction of sp³-hybridized carbons (Fsp3) is 0.211. The van der Waals surface area contributed by atoms with Gasteiger partial charge in [-0.15, -0.1) is 0 Å². The van der Waals surface area contributed by atoms with Crippen molar-refractivity contribution in [2.45, 2.75) is 29.9 Å². The Kier molecular flexibility index (Phi) is 7.30. The van der Waals surface area contributed by atoms with Crippen LogP contribution < -0.4 is 16.0 Å². The number of nitro groups is 1. The quantitative estimate of drug-likeness (QED) is 0.241. The number of carbonyl (C=O) groups excluding carboxylic acids is 2. The number of benzene rings is 2. The number of nitrogens with one attached hydrogen (secondary N) is 2. The van der Waals surface area contributed by atoms with Crippen molar-refractivity contribution < 1.29 is 22.9 Å². The molecule has 1 heterocycles. The van der Waals surface area contributed by atoms with E-state index in [1.807, 2.05) is 11.5 Å². The van der Waals surface area contributed by atoms with Gasteiger partial charge in [0, 0.05) is 24.2 Å². The molecule has 12 nitrogen and oxygen atoms in total. The van der Waals surface area contributed by atoms with Crippen molar-refractivity contribution in [3.63, 3.8) is 0 Å². The van der Waals surface area contributed by atoms with Gasteiger partial charge < -0.3 is 4.57 Å². The van der Waals surface area contributed by atoms with Crippen LogP contribution >= 0.6 is 11.8 Å². The average molecular weight is 493 g/mol. The van der Waals surface area contributed by atoms with Gasteiger partial charge in [-0.3, -0.25) is 30.6 Å². The Morgan fingerprint density at radius 2 is 1.97 bits per heavy atom. The van der Waals surface area contributed by atoms with E-state index in [-0.39, 0.29) is 21.9 Å². The zero-order valence-corrected chi connectivity index (χ0v) is 19.0. The number of fused-ring (bicyclic) bond motifs is 1. The third kappa shape index (κ3) is 5.85. The van der Waals surface area contributed by atoms with Gasteiger partial charge in [-0.25, -0.2) is 18.5 Å². The van der Waals surface area contributed by atoms with E-state index in [0.29, 0.717) is 22.7 Å². The molecule has 1 aromatic heterocycles. The lowest BCUT2D eigenvalue weighted by Crippen LogP contribution is -2.42. The lowest BCUT2D eigenvalue weighted by atomic mass is 10.2. The van der Waals surface area contributed by atoms with Crippen molar-refractivity contribution in [3.8, 4) is 0 Å². The van der Waals surface area contributed by atoms with Gasteiger partial charge in [0.2, 0.25) is 15.9 Å². The van der Waals surface area contributed by atoms with E-state index in [4.69, 9.17) is 5.14 Å². The number of sulfonamides is 1. The third-order valence-corrected chi connectivity index (χ3v) is 6.31. The minimum atomic E-state index is -3.88. The molecule has 0 saturated carbocycles. The first kappa shape index (κ1) is 24.2. The molecule has 0 bridgehead atoms. The standard InChI is InChI=1S/C19H20N6O6S2/c1-2-8-24-16-7-6-14(33(20,30)31)10-15(16)21-19(24)32-11-17(26)22-23-18(27)12-4-3-5-13(9-12)25(28)29/h3-7,9-10H,2,8,11H2,1H3,(H,22,26)(H,23,27)(H2,20,30,31). The predicted molar refractivity (Wildman–Crippen MR) is 121 cm³/mol. The normalized spacial score (nSPS) is 11.3. The average Bonchev–Trinajstić information content (AvgIpc) is 3.12. The van der Waals surface area contributed by atoms with E-state index in [9.17, 15) is 28.1 Å². The number of aromatic nitrogens is 2. The summed E-state index contributed by atoms with van der Waals surface area (Å²) in [6, 6.07) is 9.48. The van der Waals surface area contributed by atoms with Crippen molar-refractivity contribution in [3.05, 3.63) is 58.1 Å². The van der Waals surface area contributed by atoms with Gasteiger partial charge in [-0.2, -0.15) is 0 Å². The van der Waals surface area contributed by atoms with Gasteiger partial charge in [0.15, 0.2) is 5.16 Å². The van der Waals surface area contributed by atoms with Gasteiger partial charge in [0.25, 0.3) is 11.6 Å². The lowest BCUT2D eigenvalue weighted by molar-refractivity contribution is -0.384. The fourth-order valence-electron chi connectivity index (χ4n) is 2.94. The second kappa shape index (κ2) is 9.97. The van der Waals surface area contributed by atoms with E-state index >= 15 is 0 Å². The molecule has 174 valence electrons. The summed E-state index contributed by atoms with van der Waals surface area (Å²) in [4.78, 5) is 38.9. The molecule has 0 fully saturated rings. The second-order valence-corrected chi connectivity index (χ2v) is 9.34. The summed E-state index contributed by atoms with van der Waals surface area (Å²) in [5, 5.41) is 16.5. The highest BCUT2D eigenvalue weighted by molar-refractivity contribution is 7.99. The summed E-state index contributed by atoms with van der Waals surface area (Å²) in [5.41, 5.74) is 5.36. The molecule has 0 radical (unpaired) electrons. The van der Waals surface area contributed by atoms with Crippen LogP contribution in [0.4, 0.5) is 5.69 Å². The Labute approximate surface area is 192 Å². The maximum atomic E-state index is 12.2. The monoisotopic (exact) mass is 492 g/mol. The number of nitro benzene ring substituents is 1. The van der Waals surface area contributed by atoms with E-state index in [1.165, 1.54) is 30.3 Å². The number of primary sulfonamides is 1. The van der Waals surface area contributed by atoms with E-state index in [2.05, 4.69) is 15.8 Å². The van der Waals surface area contributed by atoms with Crippen molar-refractivity contribution in [1.29, 1.82) is 0 Å². The number of nitrogens with zero attached hydrogens (tertiary/aromatic N) is 3. The molecular weight excluding hydrogens is 472 g/mol. The SMILES string of the molecule is CCCn1c(SCC(=O)NNC(=O)c2cccc([N+](=O)[O-])c2)nc2cc(S(N)(=O)=O)ccc21. The Bertz CT molecular complexity index is 1340. The predicted octanol–water partition coefficient (Wildman–Crippen LogP) is 1.56. The molecule has 33 heavy (non-hydrogen) atoms. The Balaban J connectivity index is 1.67. The molecule has 0 saturated heterocycles. The van der Waals surface area contributed by atoms with Crippen molar-refractivity contribution in [2.24, 2.45) is 5.14 Å². The maximum absolute atomic E-state index is 12.2. The third-order valence-electron chi connectivity index (χ3n) is 4.43. The number of hydrogen-bond acceptors (Lipinski definition) is 8. The molecule has 14 heteroatoms. The van der Waals surface area contributed by atoms with Gasteiger partial charge in [0.1, 0.15) is 0 Å². The number of hydrazine groups is 1. The largest absolute Gasteiger partial charge is 0.319 e. The molecule has 3 aromatic rings. The molecule has 0 aliphatic carbocycles. The first-order valence-electron chi connectivity index (χ1n) is 9.59. The zero-order chi connectivity index (χ0) is 24.2. The highest BCUT2D eigenvalue weighted by Crippen LogP contribution is 2.26. The molecule has 0 aliphatic heterocycles. The van der Waals surface area contributed by atoms with Crippen LogP contribution in [0.15, 0.2) is 52.5 Å². The number of hydrogen-bond donors (Lipinski definition) is 3. The summed E-state index contributed by atoms with van der Waals surface area (Å²) >= 11 is 1.11. The molecular formula is C19H20N6O6S2. The van der Waals surface area contributed by atoms with Crippen LogP contribution in [0.5, 0.6) is 0 Å². The number of carbonyl (C=O) groups is 2. The number of thioether (sulfide) groups is 1. The highest BCUT2D eigenvalue weighted by atomic mass is 32.2. The van der Waals surface area contributed by atoms with E-state index < -0.39 is 26.8 Å². The van der Waals surface area contributed by atoms with E-state index in [0.717, 1.165) is 24.2 Å². The van der Waals surface area contributed by atoms with E-state index in [1.54, 1.807) is 6.07 Å². The summed E-state index contributed by atoms with van der Waals surface area (Å²) in [7, 11) is -3.88. The Morgan fingerprint density at radius 1 is 1.21 bits per heavy atom. The first-order valence-corrected chi connectivity index (χ1v) is 12.1. The first-order chi connectivity index (χ1) is 15.6. The van der Waals surface area contributed by atoms with Gasteiger partial charge >= 0.3 is 0 Å². The summed E-state index contributed by atoms with van der Waals surface area (Å²) in [6.45, 7) is 2.56. The Hall–Kier alpha value is -3.49. The van der Waals surface area contributed by atoms with Gasteiger partial charge in [-0.05, 0) is 30.7 Å². The molecule has 0 aliphatic rings. The lowest BCUT2D eigenvalue weighted by Gasteiger charge is -2.09. The van der Waals surface area contributed by atoms with Crippen LogP contribution in [0, 0.1) is 10.1 Å². The molecule has 0 atom stereocenters. The molecule has 0 unspecified atom stereocenters. The van der Waals surface area contributed by atoms with Crippen molar-refractivity contribution in [1.82, 2.24) is 20.4 Å². The number of nitrogens with two attached hydrogens (primary N) is 1. The molecule has 4 N–H and O–H groups in total. The van der Waals surface area contributed by atoms with Crippen LogP contribution in [0.1, 0.15) is 23.7 Å². The minimum Gasteiger partial charge on any atom is -0.319 e. The molecule has 3 rings (SSSR count). The summed E-state index contributed by atoms with van der Waals surface area (Å²) in [5.74, 6) is -1.32. The van der Waals surface area contributed by atoms with Crippen molar-refractivity contribution >= 4 is 50.3 Å². The van der Waals surface area contributed by atoms with Crippen LogP contribution in [0.3, 0.4) is 0 Å². The smallest absolute Gasteiger partial charge is 0.270 e. The highest BCUT2D eigenvalue weighted by Gasteiger charge is 2.17. The number of amides is 2. The fourth-order valence-corrected chi connectivity index (χ4v) is 4.31. The topological polar surface area (TPSA) is 179 Å². The number of non-ortho nitro benzene ring substituents is 1.